The fourth-order valence-corrected chi connectivity index (χ4v) is 4.07. The summed E-state index contributed by atoms with van der Waals surface area (Å²) in [4.78, 5) is 29.7. The second kappa shape index (κ2) is 10.7. The minimum absolute atomic E-state index is 0.0551. The molecular formula is C27H34N2O5. The van der Waals surface area contributed by atoms with Gasteiger partial charge in [-0.2, -0.15) is 0 Å². The summed E-state index contributed by atoms with van der Waals surface area (Å²) in [6.07, 6.45) is 0.676. The SMILES string of the molecule is Cc1cc(OCC(C)C)ccc1C(O)=C1C(=O)C(=O)N(CCCN(C)C)[C@H]1c1ccc(O)cc1. The number of rotatable bonds is 9. The number of aromatic hydroxyl groups is 1. The number of aliphatic hydroxyl groups excluding tert-OH is 1. The number of benzene rings is 2. The highest BCUT2D eigenvalue weighted by Crippen LogP contribution is 2.40. The monoisotopic (exact) mass is 466 g/mol. The predicted octanol–water partition coefficient (Wildman–Crippen LogP) is 4.11. The second-order valence-corrected chi connectivity index (χ2v) is 9.42. The summed E-state index contributed by atoms with van der Waals surface area (Å²) in [5, 5.41) is 21.0. The first-order valence-electron chi connectivity index (χ1n) is 11.6. The number of phenols is 1. The van der Waals surface area contributed by atoms with Crippen LogP contribution >= 0.6 is 0 Å². The van der Waals surface area contributed by atoms with Crippen LogP contribution < -0.4 is 4.74 Å². The van der Waals surface area contributed by atoms with E-state index in [4.69, 9.17) is 4.74 Å². The lowest BCUT2D eigenvalue weighted by atomic mass is 9.93. The minimum atomic E-state index is -0.737. The second-order valence-electron chi connectivity index (χ2n) is 9.42. The van der Waals surface area contributed by atoms with Crippen LogP contribution in [0.4, 0.5) is 0 Å². The Morgan fingerprint density at radius 3 is 2.38 bits per heavy atom. The molecule has 1 aliphatic heterocycles. The highest BCUT2D eigenvalue weighted by Gasteiger charge is 2.45. The topological polar surface area (TPSA) is 90.3 Å². The van der Waals surface area contributed by atoms with E-state index >= 15 is 0 Å². The number of aryl methyl sites for hydroxylation is 1. The lowest BCUT2D eigenvalue weighted by Gasteiger charge is -2.26. The number of phenolic OH excluding ortho intramolecular Hbond substituents is 1. The van der Waals surface area contributed by atoms with Crippen LogP contribution in [-0.2, 0) is 9.59 Å². The fraction of sp³-hybridized carbons (Fsp3) is 0.407. The normalized spacial score (nSPS) is 17.7. The molecule has 0 aromatic heterocycles. The van der Waals surface area contributed by atoms with Crippen molar-refractivity contribution in [1.29, 1.82) is 0 Å². The van der Waals surface area contributed by atoms with Gasteiger partial charge in [0.25, 0.3) is 11.7 Å². The molecule has 1 atom stereocenters. The van der Waals surface area contributed by atoms with Crippen LogP contribution in [-0.4, -0.2) is 65.5 Å². The van der Waals surface area contributed by atoms with E-state index in [1.54, 1.807) is 24.3 Å². The van der Waals surface area contributed by atoms with Crippen molar-refractivity contribution in [3.63, 3.8) is 0 Å². The van der Waals surface area contributed by atoms with E-state index in [2.05, 4.69) is 13.8 Å². The summed E-state index contributed by atoms with van der Waals surface area (Å²) in [5.74, 6) is -0.405. The third kappa shape index (κ3) is 5.59. The molecule has 2 aromatic rings. The Morgan fingerprint density at radius 1 is 1.12 bits per heavy atom. The molecular weight excluding hydrogens is 432 g/mol. The molecule has 0 radical (unpaired) electrons. The van der Waals surface area contributed by atoms with Crippen LogP contribution in [0.15, 0.2) is 48.0 Å². The van der Waals surface area contributed by atoms with Gasteiger partial charge in [0.2, 0.25) is 0 Å². The molecule has 7 heteroatoms. The predicted molar refractivity (Wildman–Crippen MR) is 132 cm³/mol. The number of carbonyl (C=O) groups is 2. The van der Waals surface area contributed by atoms with Gasteiger partial charge in [-0.25, -0.2) is 0 Å². The van der Waals surface area contributed by atoms with E-state index in [1.165, 1.54) is 17.0 Å². The summed E-state index contributed by atoms with van der Waals surface area (Å²) in [6, 6.07) is 10.9. The molecule has 182 valence electrons. The molecule has 3 rings (SSSR count). The average Bonchev–Trinajstić information content (AvgIpc) is 3.02. The quantitative estimate of drug-likeness (QED) is 0.328. The molecule has 1 heterocycles. The van der Waals surface area contributed by atoms with E-state index in [9.17, 15) is 19.8 Å². The van der Waals surface area contributed by atoms with Crippen LogP contribution in [0, 0.1) is 12.8 Å². The molecule has 0 aliphatic carbocycles. The number of nitrogens with zero attached hydrogens (tertiary/aromatic N) is 2. The van der Waals surface area contributed by atoms with Crippen molar-refractivity contribution in [2.45, 2.75) is 33.2 Å². The van der Waals surface area contributed by atoms with Gasteiger partial charge in [0.1, 0.15) is 17.3 Å². The third-order valence-electron chi connectivity index (χ3n) is 5.79. The van der Waals surface area contributed by atoms with Crippen LogP contribution in [0.3, 0.4) is 0 Å². The number of amides is 1. The Kier molecular flexibility index (Phi) is 7.99. The van der Waals surface area contributed by atoms with E-state index in [0.29, 0.717) is 42.4 Å². The van der Waals surface area contributed by atoms with Gasteiger partial charge in [-0.05, 0) is 81.4 Å². The van der Waals surface area contributed by atoms with Crippen molar-refractivity contribution < 1.29 is 24.5 Å². The van der Waals surface area contributed by atoms with Gasteiger partial charge in [0.05, 0.1) is 18.2 Å². The van der Waals surface area contributed by atoms with Gasteiger partial charge in [-0.15, -0.1) is 0 Å². The molecule has 0 saturated carbocycles. The Hall–Kier alpha value is -3.32. The maximum absolute atomic E-state index is 13.1. The molecule has 34 heavy (non-hydrogen) atoms. The van der Waals surface area contributed by atoms with E-state index in [1.807, 2.05) is 32.0 Å². The maximum Gasteiger partial charge on any atom is 0.295 e. The molecule has 1 aliphatic rings. The molecule has 7 nitrogen and oxygen atoms in total. The number of ether oxygens (including phenoxy) is 1. The number of carbonyl (C=O) groups excluding carboxylic acids is 2. The van der Waals surface area contributed by atoms with Gasteiger partial charge < -0.3 is 24.7 Å². The van der Waals surface area contributed by atoms with Crippen molar-refractivity contribution in [2.24, 2.45) is 5.92 Å². The van der Waals surface area contributed by atoms with Gasteiger partial charge in [0.15, 0.2) is 0 Å². The maximum atomic E-state index is 13.1. The zero-order valence-electron chi connectivity index (χ0n) is 20.5. The average molecular weight is 467 g/mol. The molecule has 1 fully saturated rings. The highest BCUT2D eigenvalue weighted by atomic mass is 16.5. The molecule has 0 spiro atoms. The number of Topliss-reactive ketones (excluding diaryl/α,β-unsaturated/α-hetero) is 1. The Labute approximate surface area is 201 Å². The molecule has 2 aromatic carbocycles. The van der Waals surface area contributed by atoms with Crippen LogP contribution in [0.1, 0.15) is 43.0 Å². The lowest BCUT2D eigenvalue weighted by Crippen LogP contribution is -2.32. The smallest absolute Gasteiger partial charge is 0.295 e. The molecule has 1 saturated heterocycles. The summed E-state index contributed by atoms with van der Waals surface area (Å²) in [7, 11) is 3.89. The van der Waals surface area contributed by atoms with E-state index < -0.39 is 17.7 Å². The van der Waals surface area contributed by atoms with Crippen molar-refractivity contribution in [1.82, 2.24) is 9.80 Å². The van der Waals surface area contributed by atoms with E-state index in [0.717, 1.165) is 12.1 Å². The van der Waals surface area contributed by atoms with Crippen molar-refractivity contribution in [2.75, 3.05) is 33.8 Å². The largest absolute Gasteiger partial charge is 0.508 e. The van der Waals surface area contributed by atoms with Gasteiger partial charge in [0, 0.05) is 12.1 Å². The fourth-order valence-electron chi connectivity index (χ4n) is 4.07. The van der Waals surface area contributed by atoms with Crippen molar-refractivity contribution in [3.8, 4) is 11.5 Å². The van der Waals surface area contributed by atoms with Crippen molar-refractivity contribution >= 4 is 17.4 Å². The van der Waals surface area contributed by atoms with Crippen LogP contribution in [0.5, 0.6) is 11.5 Å². The number of hydrogen-bond acceptors (Lipinski definition) is 6. The first kappa shape index (κ1) is 25.3. The Balaban J connectivity index is 2.04. The van der Waals surface area contributed by atoms with Crippen LogP contribution in [0.2, 0.25) is 0 Å². The standard InChI is InChI=1S/C27H34N2O5/c1-17(2)16-34-21-11-12-22(18(3)15-21)25(31)23-24(19-7-9-20(30)10-8-19)29(27(33)26(23)32)14-6-13-28(4)5/h7-12,15,17,24,30-31H,6,13-14,16H2,1-5H3/t24-/m0/s1. The van der Waals surface area contributed by atoms with Crippen molar-refractivity contribution in [3.05, 3.63) is 64.7 Å². The third-order valence-corrected chi connectivity index (χ3v) is 5.79. The Morgan fingerprint density at radius 2 is 1.79 bits per heavy atom. The number of ketones is 1. The summed E-state index contributed by atoms with van der Waals surface area (Å²) < 4.78 is 5.77. The molecule has 0 bridgehead atoms. The summed E-state index contributed by atoms with van der Waals surface area (Å²) in [5.41, 5.74) is 1.92. The van der Waals surface area contributed by atoms with Gasteiger partial charge >= 0.3 is 0 Å². The summed E-state index contributed by atoms with van der Waals surface area (Å²) in [6.45, 7) is 7.65. The zero-order chi connectivity index (χ0) is 25.0. The minimum Gasteiger partial charge on any atom is -0.508 e. The summed E-state index contributed by atoms with van der Waals surface area (Å²) >= 11 is 0. The zero-order valence-corrected chi connectivity index (χ0v) is 20.5. The first-order chi connectivity index (χ1) is 16.1. The first-order valence-corrected chi connectivity index (χ1v) is 11.6. The van der Waals surface area contributed by atoms with Gasteiger partial charge in [-0.3, -0.25) is 9.59 Å². The molecule has 0 unspecified atom stereocenters. The molecule has 2 N–H and O–H groups in total. The number of aliphatic hydroxyl groups is 1. The number of hydrogen-bond donors (Lipinski definition) is 2. The van der Waals surface area contributed by atoms with Gasteiger partial charge in [-0.1, -0.05) is 26.0 Å². The van der Waals surface area contributed by atoms with Crippen LogP contribution in [0.25, 0.3) is 5.76 Å². The molecule has 1 amide bonds. The lowest BCUT2D eigenvalue weighted by molar-refractivity contribution is -0.139. The highest BCUT2D eigenvalue weighted by molar-refractivity contribution is 6.46. The van der Waals surface area contributed by atoms with E-state index in [-0.39, 0.29) is 17.1 Å². The Bertz CT molecular complexity index is 1070. The number of likely N-dealkylation sites (tertiary alicyclic amines) is 1.